The van der Waals surface area contributed by atoms with E-state index in [1.807, 2.05) is 0 Å². The molecule has 1 unspecified atom stereocenters. The Morgan fingerprint density at radius 1 is 1.32 bits per heavy atom. The van der Waals surface area contributed by atoms with Gasteiger partial charge >= 0.3 is 12.0 Å². The Kier molecular flexibility index (Phi) is 4.63. The number of nitrogens with one attached hydrogen (secondary N) is 1. The molecular formula is C13H22N2O4. The molecule has 0 radical (unpaired) electrons. The van der Waals surface area contributed by atoms with Gasteiger partial charge in [0.1, 0.15) is 0 Å². The predicted molar refractivity (Wildman–Crippen MR) is 68.9 cm³/mol. The Balaban J connectivity index is 1.79. The summed E-state index contributed by atoms with van der Waals surface area (Å²) in [5.74, 6) is -1.06. The molecule has 1 heterocycles. The van der Waals surface area contributed by atoms with Crippen LogP contribution in [0.25, 0.3) is 0 Å². The molecule has 108 valence electrons. The normalized spacial score (nSPS) is 31.2. The molecule has 0 aromatic carbocycles. The Morgan fingerprint density at radius 2 is 2.11 bits per heavy atom. The molecule has 2 N–H and O–H groups in total. The SMILES string of the molecule is COC1CCCN(C(=O)N[C@H]2CC[C@@H](C(=O)O)C2)C1. The van der Waals surface area contributed by atoms with Gasteiger partial charge in [-0.25, -0.2) is 4.79 Å². The average molecular weight is 270 g/mol. The highest BCUT2D eigenvalue weighted by Gasteiger charge is 2.32. The van der Waals surface area contributed by atoms with Crippen molar-refractivity contribution >= 4 is 12.0 Å². The lowest BCUT2D eigenvalue weighted by Crippen LogP contribution is -2.49. The zero-order valence-electron chi connectivity index (χ0n) is 11.3. The minimum atomic E-state index is -0.755. The monoisotopic (exact) mass is 270 g/mol. The summed E-state index contributed by atoms with van der Waals surface area (Å²) >= 11 is 0. The molecule has 1 saturated heterocycles. The van der Waals surface area contributed by atoms with Gasteiger partial charge in [-0.05, 0) is 32.1 Å². The van der Waals surface area contributed by atoms with E-state index in [1.54, 1.807) is 12.0 Å². The van der Waals surface area contributed by atoms with Gasteiger partial charge in [0.15, 0.2) is 0 Å². The number of aliphatic carboxylic acids is 1. The number of nitrogens with zero attached hydrogens (tertiary/aromatic N) is 1. The van der Waals surface area contributed by atoms with Crippen LogP contribution in [-0.4, -0.2) is 54.4 Å². The molecule has 19 heavy (non-hydrogen) atoms. The molecule has 2 aliphatic rings. The fourth-order valence-electron chi connectivity index (χ4n) is 2.92. The molecule has 0 aromatic heterocycles. The zero-order chi connectivity index (χ0) is 13.8. The Labute approximate surface area is 113 Å². The summed E-state index contributed by atoms with van der Waals surface area (Å²) in [6, 6.07) is -0.0886. The van der Waals surface area contributed by atoms with Crippen molar-refractivity contribution in [3.63, 3.8) is 0 Å². The molecule has 0 aromatic rings. The highest BCUT2D eigenvalue weighted by atomic mass is 16.5. The third-order valence-electron chi connectivity index (χ3n) is 4.11. The van der Waals surface area contributed by atoms with Crippen LogP contribution >= 0.6 is 0 Å². The van der Waals surface area contributed by atoms with E-state index < -0.39 is 5.97 Å². The van der Waals surface area contributed by atoms with E-state index >= 15 is 0 Å². The standard InChI is InChI=1S/C13H22N2O4/c1-19-11-3-2-6-15(8-11)13(18)14-10-5-4-9(7-10)12(16)17/h9-11H,2-8H2,1H3,(H,14,18)(H,16,17)/t9-,10+,11?/m1/s1. The van der Waals surface area contributed by atoms with Gasteiger partial charge in [-0.15, -0.1) is 0 Å². The van der Waals surface area contributed by atoms with Gasteiger partial charge in [-0.1, -0.05) is 0 Å². The van der Waals surface area contributed by atoms with Crippen LogP contribution in [0.15, 0.2) is 0 Å². The highest BCUT2D eigenvalue weighted by Crippen LogP contribution is 2.26. The smallest absolute Gasteiger partial charge is 0.317 e. The van der Waals surface area contributed by atoms with Crippen LogP contribution in [-0.2, 0) is 9.53 Å². The lowest BCUT2D eigenvalue weighted by Gasteiger charge is -2.32. The largest absolute Gasteiger partial charge is 0.481 e. The maximum absolute atomic E-state index is 12.1. The van der Waals surface area contributed by atoms with E-state index in [-0.39, 0.29) is 24.1 Å². The van der Waals surface area contributed by atoms with Crippen LogP contribution < -0.4 is 5.32 Å². The number of carboxylic acid groups (broad SMARTS) is 1. The topological polar surface area (TPSA) is 78.9 Å². The van der Waals surface area contributed by atoms with Crippen molar-refractivity contribution in [2.24, 2.45) is 5.92 Å². The quantitative estimate of drug-likeness (QED) is 0.803. The second-order valence-corrected chi connectivity index (χ2v) is 5.44. The second-order valence-electron chi connectivity index (χ2n) is 5.44. The van der Waals surface area contributed by atoms with Gasteiger partial charge in [-0.3, -0.25) is 4.79 Å². The molecule has 2 rings (SSSR count). The number of piperidine rings is 1. The predicted octanol–water partition coefficient (Wildman–Crippen LogP) is 1.06. The van der Waals surface area contributed by atoms with Gasteiger partial charge in [0.05, 0.1) is 12.0 Å². The van der Waals surface area contributed by atoms with Crippen LogP contribution in [0, 0.1) is 5.92 Å². The number of rotatable bonds is 3. The van der Waals surface area contributed by atoms with Crippen molar-refractivity contribution in [2.45, 2.75) is 44.2 Å². The third-order valence-corrected chi connectivity index (χ3v) is 4.11. The first kappa shape index (κ1) is 14.1. The summed E-state index contributed by atoms with van der Waals surface area (Å²) in [7, 11) is 1.67. The van der Waals surface area contributed by atoms with Crippen LogP contribution in [0.5, 0.6) is 0 Å². The molecule has 1 saturated carbocycles. The minimum Gasteiger partial charge on any atom is -0.481 e. The molecule has 0 bridgehead atoms. The fourth-order valence-corrected chi connectivity index (χ4v) is 2.92. The molecule has 2 amide bonds. The number of hydrogen-bond donors (Lipinski definition) is 2. The molecule has 6 heteroatoms. The first-order chi connectivity index (χ1) is 9.10. The number of urea groups is 1. The van der Waals surface area contributed by atoms with Crippen molar-refractivity contribution < 1.29 is 19.4 Å². The number of ether oxygens (including phenoxy) is 1. The van der Waals surface area contributed by atoms with Crippen LogP contribution in [0.4, 0.5) is 4.79 Å². The summed E-state index contributed by atoms with van der Waals surface area (Å²) in [5.41, 5.74) is 0. The Hall–Kier alpha value is -1.30. The lowest BCUT2D eigenvalue weighted by molar-refractivity contribution is -0.141. The number of hydrogen-bond acceptors (Lipinski definition) is 3. The summed E-state index contributed by atoms with van der Waals surface area (Å²) < 4.78 is 5.29. The van der Waals surface area contributed by atoms with Gasteiger partial charge in [0.25, 0.3) is 0 Å². The number of carbonyl (C=O) groups excluding carboxylic acids is 1. The molecule has 0 spiro atoms. The maximum atomic E-state index is 12.1. The van der Waals surface area contributed by atoms with E-state index in [1.165, 1.54) is 0 Å². The van der Waals surface area contributed by atoms with Crippen molar-refractivity contribution in [1.29, 1.82) is 0 Å². The van der Waals surface area contributed by atoms with Crippen molar-refractivity contribution in [1.82, 2.24) is 10.2 Å². The number of carboxylic acids is 1. The summed E-state index contributed by atoms with van der Waals surface area (Å²) in [6.07, 6.45) is 4.02. The molecule has 1 aliphatic carbocycles. The van der Waals surface area contributed by atoms with Gasteiger partial charge in [0.2, 0.25) is 0 Å². The van der Waals surface area contributed by atoms with E-state index in [0.29, 0.717) is 19.4 Å². The lowest BCUT2D eigenvalue weighted by atomic mass is 10.1. The molecule has 3 atom stereocenters. The number of likely N-dealkylation sites (tertiary alicyclic amines) is 1. The van der Waals surface area contributed by atoms with E-state index in [2.05, 4.69) is 5.32 Å². The number of methoxy groups -OCH3 is 1. The maximum Gasteiger partial charge on any atom is 0.317 e. The summed E-state index contributed by atoms with van der Waals surface area (Å²) in [5, 5.41) is 11.9. The van der Waals surface area contributed by atoms with Crippen LogP contribution in [0.2, 0.25) is 0 Å². The second kappa shape index (κ2) is 6.23. The molecule has 1 aliphatic heterocycles. The molecule has 2 fully saturated rings. The number of carbonyl (C=O) groups is 2. The summed E-state index contributed by atoms with van der Waals surface area (Å²) in [6.45, 7) is 1.37. The van der Waals surface area contributed by atoms with E-state index in [0.717, 1.165) is 25.8 Å². The van der Waals surface area contributed by atoms with E-state index in [4.69, 9.17) is 9.84 Å². The Morgan fingerprint density at radius 3 is 2.74 bits per heavy atom. The van der Waals surface area contributed by atoms with Crippen LogP contribution in [0.3, 0.4) is 0 Å². The van der Waals surface area contributed by atoms with Gasteiger partial charge in [-0.2, -0.15) is 0 Å². The first-order valence-corrected chi connectivity index (χ1v) is 6.91. The van der Waals surface area contributed by atoms with Gasteiger partial charge in [0, 0.05) is 26.2 Å². The van der Waals surface area contributed by atoms with Crippen molar-refractivity contribution in [3.8, 4) is 0 Å². The van der Waals surface area contributed by atoms with Crippen molar-refractivity contribution in [3.05, 3.63) is 0 Å². The first-order valence-electron chi connectivity index (χ1n) is 6.91. The minimum absolute atomic E-state index is 0.00322. The Bertz CT molecular complexity index is 348. The summed E-state index contributed by atoms with van der Waals surface area (Å²) in [4.78, 5) is 24.8. The van der Waals surface area contributed by atoms with E-state index in [9.17, 15) is 9.59 Å². The zero-order valence-corrected chi connectivity index (χ0v) is 11.3. The van der Waals surface area contributed by atoms with Crippen LogP contribution in [0.1, 0.15) is 32.1 Å². The number of amides is 2. The fraction of sp³-hybridized carbons (Fsp3) is 0.846. The average Bonchev–Trinajstić information content (AvgIpc) is 2.87. The van der Waals surface area contributed by atoms with Crippen molar-refractivity contribution in [2.75, 3.05) is 20.2 Å². The molecular weight excluding hydrogens is 248 g/mol. The third kappa shape index (κ3) is 3.59. The highest BCUT2D eigenvalue weighted by molar-refractivity contribution is 5.75. The van der Waals surface area contributed by atoms with Gasteiger partial charge < -0.3 is 20.1 Å². The molecule has 6 nitrogen and oxygen atoms in total.